The van der Waals surface area contributed by atoms with Gasteiger partial charge >= 0.3 is 6.18 Å². The van der Waals surface area contributed by atoms with Gasteiger partial charge in [-0.05, 0) is 11.6 Å². The van der Waals surface area contributed by atoms with Crippen LogP contribution in [0.4, 0.5) is 17.6 Å². The summed E-state index contributed by atoms with van der Waals surface area (Å²) in [5.41, 5.74) is 1.82. The summed E-state index contributed by atoms with van der Waals surface area (Å²) < 4.78 is 50.9. The van der Waals surface area contributed by atoms with Crippen molar-refractivity contribution >= 4 is 0 Å². The molecule has 0 saturated carbocycles. The number of halogens is 4. The van der Waals surface area contributed by atoms with Crippen LogP contribution in [0.25, 0.3) is 0 Å². The molecule has 0 radical (unpaired) electrons. The quantitative estimate of drug-likeness (QED) is 0.799. The average molecular weight is 312 g/mol. The summed E-state index contributed by atoms with van der Waals surface area (Å²) in [7, 11) is 0. The van der Waals surface area contributed by atoms with Gasteiger partial charge in [0, 0.05) is 44.0 Å². The third-order valence-electron chi connectivity index (χ3n) is 3.43. The molecule has 0 bridgehead atoms. The van der Waals surface area contributed by atoms with E-state index < -0.39 is 17.8 Å². The maximum atomic E-state index is 13.1. The molecule has 0 aromatic carbocycles. The minimum absolute atomic E-state index is 0.406. The summed E-state index contributed by atoms with van der Waals surface area (Å²) in [5, 5.41) is 0. The van der Waals surface area contributed by atoms with Crippen LogP contribution < -0.4 is 0 Å². The predicted molar refractivity (Wildman–Crippen MR) is 69.0 cm³/mol. The van der Waals surface area contributed by atoms with Crippen LogP contribution in [-0.4, -0.2) is 26.4 Å². The maximum Gasteiger partial charge on any atom is 0.451 e. The third kappa shape index (κ3) is 3.22. The summed E-state index contributed by atoms with van der Waals surface area (Å²) in [6.45, 7) is 1.47. The first-order valence-corrected chi connectivity index (χ1v) is 6.65. The van der Waals surface area contributed by atoms with E-state index in [9.17, 15) is 17.6 Å². The van der Waals surface area contributed by atoms with E-state index in [0.717, 1.165) is 11.8 Å². The van der Waals surface area contributed by atoms with Crippen LogP contribution in [0.5, 0.6) is 0 Å². The van der Waals surface area contributed by atoms with Crippen LogP contribution in [0.15, 0.2) is 24.7 Å². The van der Waals surface area contributed by atoms with Gasteiger partial charge in [-0.1, -0.05) is 0 Å². The fourth-order valence-corrected chi connectivity index (χ4v) is 2.45. The highest BCUT2D eigenvalue weighted by Gasteiger charge is 2.35. The van der Waals surface area contributed by atoms with E-state index in [1.807, 2.05) is 4.90 Å². The molecule has 1 aliphatic rings. The molecule has 116 valence electrons. The molecule has 3 heterocycles. The van der Waals surface area contributed by atoms with Gasteiger partial charge in [0.2, 0.25) is 5.82 Å². The van der Waals surface area contributed by atoms with Crippen LogP contribution in [0.3, 0.4) is 0 Å². The highest BCUT2D eigenvalue weighted by Crippen LogP contribution is 2.27. The van der Waals surface area contributed by atoms with Crippen LogP contribution in [-0.2, 0) is 25.7 Å². The zero-order valence-corrected chi connectivity index (χ0v) is 11.4. The third-order valence-corrected chi connectivity index (χ3v) is 3.43. The summed E-state index contributed by atoms with van der Waals surface area (Å²) in [4.78, 5) is 12.8. The molecule has 0 spiro atoms. The van der Waals surface area contributed by atoms with Crippen molar-refractivity contribution in [1.29, 1.82) is 0 Å². The number of rotatable bonds is 2. The number of nitrogens with zero attached hydrogens (tertiary/aromatic N) is 4. The van der Waals surface area contributed by atoms with E-state index in [-0.39, 0.29) is 0 Å². The molecule has 0 saturated heterocycles. The lowest BCUT2D eigenvalue weighted by Crippen LogP contribution is -2.31. The lowest BCUT2D eigenvalue weighted by atomic mass is 10.1. The highest BCUT2D eigenvalue weighted by molar-refractivity contribution is 5.22. The van der Waals surface area contributed by atoms with Gasteiger partial charge in [0.15, 0.2) is 0 Å². The molecule has 0 N–H and O–H groups in total. The molecule has 0 aliphatic carbocycles. The number of alkyl halides is 3. The molecule has 22 heavy (non-hydrogen) atoms. The molecule has 0 unspecified atom stereocenters. The molecule has 1 aliphatic heterocycles. The molecule has 3 rings (SSSR count). The van der Waals surface area contributed by atoms with Crippen molar-refractivity contribution in [3.05, 3.63) is 53.1 Å². The highest BCUT2D eigenvalue weighted by atomic mass is 19.4. The fourth-order valence-electron chi connectivity index (χ4n) is 2.45. The monoisotopic (exact) mass is 312 g/mol. The average Bonchev–Trinajstić information content (AvgIpc) is 2.45. The summed E-state index contributed by atoms with van der Waals surface area (Å²) in [6.07, 6.45) is -0.201. The van der Waals surface area contributed by atoms with Crippen LogP contribution in [0.2, 0.25) is 0 Å². The predicted octanol–water partition coefficient (Wildman–Crippen LogP) is 2.59. The molecule has 0 amide bonds. The van der Waals surface area contributed by atoms with Crippen molar-refractivity contribution in [1.82, 2.24) is 19.9 Å². The van der Waals surface area contributed by atoms with Gasteiger partial charge in [-0.15, -0.1) is 0 Å². The van der Waals surface area contributed by atoms with Crippen molar-refractivity contribution in [2.24, 2.45) is 0 Å². The summed E-state index contributed by atoms with van der Waals surface area (Å²) in [5.74, 6) is -1.51. The number of pyridine rings is 1. The van der Waals surface area contributed by atoms with E-state index in [1.54, 1.807) is 6.20 Å². The number of fused-ring (bicyclic) bond motifs is 1. The summed E-state index contributed by atoms with van der Waals surface area (Å²) in [6, 6.07) is 1.39. The summed E-state index contributed by atoms with van der Waals surface area (Å²) >= 11 is 0. The minimum atomic E-state index is -4.53. The van der Waals surface area contributed by atoms with Crippen molar-refractivity contribution in [3.8, 4) is 0 Å². The Bertz CT molecular complexity index is 687. The normalized spacial score (nSPS) is 15.6. The van der Waals surface area contributed by atoms with Gasteiger partial charge in [0.1, 0.15) is 5.82 Å². The van der Waals surface area contributed by atoms with Crippen LogP contribution in [0, 0.1) is 5.82 Å². The van der Waals surface area contributed by atoms with Gasteiger partial charge in [0.25, 0.3) is 0 Å². The Morgan fingerprint density at radius 3 is 2.73 bits per heavy atom. The molecular weight excluding hydrogens is 300 g/mol. The van der Waals surface area contributed by atoms with Gasteiger partial charge in [-0.2, -0.15) is 13.2 Å². The fraction of sp³-hybridized carbons (Fsp3) is 0.357. The van der Waals surface area contributed by atoms with Gasteiger partial charge in [-0.25, -0.2) is 14.4 Å². The molecule has 2 aromatic heterocycles. The SMILES string of the molecule is Fc1cncc(CN2CCc3nc(C(F)(F)F)ncc3C2)c1. The molecule has 2 aromatic rings. The smallest absolute Gasteiger partial charge is 0.294 e. The number of hydrogen-bond acceptors (Lipinski definition) is 4. The van der Waals surface area contributed by atoms with E-state index >= 15 is 0 Å². The maximum absolute atomic E-state index is 13.1. The first kappa shape index (κ1) is 14.8. The second kappa shape index (κ2) is 5.60. The van der Waals surface area contributed by atoms with E-state index in [0.29, 0.717) is 37.3 Å². The zero-order valence-electron chi connectivity index (χ0n) is 11.4. The van der Waals surface area contributed by atoms with E-state index in [1.165, 1.54) is 12.3 Å². The molecule has 0 fully saturated rings. The standard InChI is InChI=1S/C14H12F4N4/c15-11-3-9(4-19-6-11)7-22-2-1-12-10(8-22)5-20-13(21-12)14(16,17)18/h3-6H,1-2,7-8H2. The van der Waals surface area contributed by atoms with Crippen LogP contribution in [0.1, 0.15) is 22.6 Å². The molecule has 4 nitrogen and oxygen atoms in total. The van der Waals surface area contributed by atoms with E-state index in [2.05, 4.69) is 15.0 Å². The largest absolute Gasteiger partial charge is 0.451 e. The first-order valence-electron chi connectivity index (χ1n) is 6.65. The Morgan fingerprint density at radius 1 is 1.18 bits per heavy atom. The minimum Gasteiger partial charge on any atom is -0.294 e. The Morgan fingerprint density at radius 2 is 2.00 bits per heavy atom. The van der Waals surface area contributed by atoms with Gasteiger partial charge in [0.05, 0.1) is 11.9 Å². The Labute approximate surface area is 123 Å². The molecular formula is C14H12F4N4. The topological polar surface area (TPSA) is 41.9 Å². The van der Waals surface area contributed by atoms with Crippen molar-refractivity contribution < 1.29 is 17.6 Å². The second-order valence-corrected chi connectivity index (χ2v) is 5.14. The number of hydrogen-bond donors (Lipinski definition) is 0. The first-order chi connectivity index (χ1) is 10.4. The van der Waals surface area contributed by atoms with Gasteiger partial charge in [-0.3, -0.25) is 9.88 Å². The lowest BCUT2D eigenvalue weighted by molar-refractivity contribution is -0.145. The van der Waals surface area contributed by atoms with Gasteiger partial charge < -0.3 is 0 Å². The number of aromatic nitrogens is 3. The zero-order chi connectivity index (χ0) is 15.7. The van der Waals surface area contributed by atoms with Crippen molar-refractivity contribution in [2.45, 2.75) is 25.7 Å². The van der Waals surface area contributed by atoms with E-state index in [4.69, 9.17) is 0 Å². The molecule has 8 heteroatoms. The lowest BCUT2D eigenvalue weighted by Gasteiger charge is -2.28. The second-order valence-electron chi connectivity index (χ2n) is 5.14. The van der Waals surface area contributed by atoms with Crippen molar-refractivity contribution in [3.63, 3.8) is 0 Å². The van der Waals surface area contributed by atoms with Crippen molar-refractivity contribution in [2.75, 3.05) is 6.54 Å². The van der Waals surface area contributed by atoms with Crippen LogP contribution >= 0.6 is 0 Å². The Kier molecular flexibility index (Phi) is 3.78. The Hall–Kier alpha value is -2.09. The Balaban J connectivity index is 1.74. The molecule has 0 atom stereocenters.